The lowest BCUT2D eigenvalue weighted by atomic mass is 10.2. The van der Waals surface area contributed by atoms with Crippen LogP contribution in [-0.4, -0.2) is 25.1 Å². The van der Waals surface area contributed by atoms with Gasteiger partial charge in [-0.2, -0.15) is 0 Å². The topological polar surface area (TPSA) is 58.5 Å². The molecule has 1 heterocycles. The molecule has 126 valence electrons. The van der Waals surface area contributed by atoms with Gasteiger partial charge in [0.1, 0.15) is 5.75 Å². The third-order valence-electron chi connectivity index (χ3n) is 3.18. The highest BCUT2D eigenvalue weighted by Crippen LogP contribution is 2.11. The van der Waals surface area contributed by atoms with E-state index in [0.29, 0.717) is 13.1 Å². The van der Waals surface area contributed by atoms with E-state index in [4.69, 9.17) is 4.74 Å². The van der Waals surface area contributed by atoms with E-state index in [-0.39, 0.29) is 24.0 Å². The first-order valence-electron chi connectivity index (χ1n) is 7.26. The number of nitrogens with zero attached hydrogens (tertiary/aromatic N) is 2. The van der Waals surface area contributed by atoms with Crippen molar-refractivity contribution in [2.45, 2.75) is 26.4 Å². The molecule has 23 heavy (non-hydrogen) atoms. The normalized spacial score (nSPS) is 10.8. The van der Waals surface area contributed by atoms with Crippen LogP contribution in [0.25, 0.3) is 0 Å². The fourth-order valence-electron chi connectivity index (χ4n) is 1.92. The molecule has 0 spiro atoms. The molecule has 0 saturated carbocycles. The summed E-state index contributed by atoms with van der Waals surface area (Å²) in [5.41, 5.74) is 2.22. The summed E-state index contributed by atoms with van der Waals surface area (Å²) in [6.45, 7) is 3.51. The van der Waals surface area contributed by atoms with Crippen molar-refractivity contribution in [1.29, 1.82) is 0 Å². The summed E-state index contributed by atoms with van der Waals surface area (Å²) in [6, 6.07) is 7.98. The maximum absolute atomic E-state index is 5.15. The molecule has 0 bridgehead atoms. The molecule has 0 radical (unpaired) electrons. The molecule has 0 aliphatic heterocycles. The van der Waals surface area contributed by atoms with E-state index < -0.39 is 0 Å². The summed E-state index contributed by atoms with van der Waals surface area (Å²) < 4.78 is 5.15. The Morgan fingerprint density at radius 1 is 1.22 bits per heavy atom. The Kier molecular flexibility index (Phi) is 8.93. The Morgan fingerprint density at radius 3 is 2.48 bits per heavy atom. The summed E-state index contributed by atoms with van der Waals surface area (Å²) in [7, 11) is 3.43. The van der Waals surface area contributed by atoms with Gasteiger partial charge < -0.3 is 15.4 Å². The first kappa shape index (κ1) is 19.7. The lowest BCUT2D eigenvalue weighted by Crippen LogP contribution is -2.36. The van der Waals surface area contributed by atoms with Gasteiger partial charge in [-0.25, -0.2) is 4.98 Å². The van der Waals surface area contributed by atoms with Gasteiger partial charge in [-0.05, 0) is 24.1 Å². The number of rotatable bonds is 6. The van der Waals surface area contributed by atoms with Crippen molar-refractivity contribution in [2.24, 2.45) is 4.99 Å². The van der Waals surface area contributed by atoms with E-state index in [1.807, 2.05) is 24.3 Å². The van der Waals surface area contributed by atoms with Crippen molar-refractivity contribution in [3.63, 3.8) is 0 Å². The van der Waals surface area contributed by atoms with Gasteiger partial charge in [0, 0.05) is 19.0 Å². The van der Waals surface area contributed by atoms with Gasteiger partial charge in [0.05, 0.1) is 24.4 Å². The van der Waals surface area contributed by atoms with Crippen LogP contribution in [0, 0.1) is 0 Å². The monoisotopic (exact) mass is 446 g/mol. The van der Waals surface area contributed by atoms with E-state index in [0.717, 1.165) is 28.8 Å². The van der Waals surface area contributed by atoms with Gasteiger partial charge in [0.15, 0.2) is 5.96 Å². The van der Waals surface area contributed by atoms with Crippen LogP contribution < -0.4 is 15.4 Å². The van der Waals surface area contributed by atoms with E-state index in [1.54, 1.807) is 25.5 Å². The zero-order valence-electron chi connectivity index (χ0n) is 13.6. The molecular formula is C16H23IN4OS. The summed E-state index contributed by atoms with van der Waals surface area (Å²) in [5.74, 6) is 1.63. The van der Waals surface area contributed by atoms with Crippen molar-refractivity contribution in [1.82, 2.24) is 15.6 Å². The highest BCUT2D eigenvalue weighted by molar-refractivity contribution is 14.0. The standard InChI is InChI=1S/C16H22N4OS.HI/c1-4-15-20-13(11-22-15)10-19-16(17-2)18-9-12-5-7-14(21-3)8-6-12;/h5-8,11H,4,9-10H2,1-3H3,(H2,17,18,19);1H. The summed E-state index contributed by atoms with van der Waals surface area (Å²) in [4.78, 5) is 8.76. The number of benzene rings is 1. The fraction of sp³-hybridized carbons (Fsp3) is 0.375. The largest absolute Gasteiger partial charge is 0.497 e. The summed E-state index contributed by atoms with van der Waals surface area (Å²) in [6.07, 6.45) is 0.981. The average Bonchev–Trinajstić information content (AvgIpc) is 3.03. The van der Waals surface area contributed by atoms with Gasteiger partial charge in [-0.1, -0.05) is 19.1 Å². The van der Waals surface area contributed by atoms with Gasteiger partial charge in [-0.15, -0.1) is 35.3 Å². The van der Waals surface area contributed by atoms with E-state index >= 15 is 0 Å². The van der Waals surface area contributed by atoms with Crippen molar-refractivity contribution in [3.8, 4) is 5.75 Å². The molecule has 2 aromatic rings. The molecule has 5 nitrogen and oxygen atoms in total. The minimum Gasteiger partial charge on any atom is -0.497 e. The quantitative estimate of drug-likeness (QED) is 0.407. The summed E-state index contributed by atoms with van der Waals surface area (Å²) in [5, 5.41) is 9.81. The summed E-state index contributed by atoms with van der Waals surface area (Å²) >= 11 is 1.70. The lowest BCUT2D eigenvalue weighted by Gasteiger charge is -2.11. The maximum Gasteiger partial charge on any atom is 0.191 e. The van der Waals surface area contributed by atoms with Crippen LogP contribution in [0.1, 0.15) is 23.2 Å². The Morgan fingerprint density at radius 2 is 1.91 bits per heavy atom. The molecule has 1 aromatic carbocycles. The molecule has 0 aliphatic carbocycles. The first-order chi connectivity index (χ1) is 10.7. The molecule has 7 heteroatoms. The number of ether oxygens (including phenoxy) is 1. The highest BCUT2D eigenvalue weighted by atomic mass is 127. The van der Waals surface area contributed by atoms with Crippen LogP contribution in [0.15, 0.2) is 34.6 Å². The van der Waals surface area contributed by atoms with Crippen LogP contribution in [0.2, 0.25) is 0 Å². The minimum atomic E-state index is 0. The molecule has 0 aliphatic rings. The van der Waals surface area contributed by atoms with Crippen molar-refractivity contribution in [2.75, 3.05) is 14.2 Å². The number of aryl methyl sites for hydroxylation is 1. The molecule has 1 aromatic heterocycles. The third-order valence-corrected chi connectivity index (χ3v) is 4.22. The van der Waals surface area contributed by atoms with Crippen molar-refractivity contribution >= 4 is 41.3 Å². The number of methoxy groups -OCH3 is 1. The minimum absolute atomic E-state index is 0. The number of halogens is 1. The SMILES string of the molecule is CCc1nc(CNC(=NC)NCc2ccc(OC)cc2)cs1.I. The number of aliphatic imine (C=N–C) groups is 1. The van der Waals surface area contributed by atoms with Gasteiger partial charge in [0.25, 0.3) is 0 Å². The fourth-order valence-corrected chi connectivity index (χ4v) is 2.66. The zero-order chi connectivity index (χ0) is 15.8. The average molecular weight is 446 g/mol. The van der Waals surface area contributed by atoms with Gasteiger partial charge in [0.2, 0.25) is 0 Å². The Balaban J connectivity index is 0.00000264. The zero-order valence-corrected chi connectivity index (χ0v) is 16.8. The van der Waals surface area contributed by atoms with Crippen molar-refractivity contribution in [3.05, 3.63) is 45.9 Å². The van der Waals surface area contributed by atoms with Gasteiger partial charge in [-0.3, -0.25) is 4.99 Å². The van der Waals surface area contributed by atoms with Crippen LogP contribution in [-0.2, 0) is 19.5 Å². The Bertz CT molecular complexity index is 613. The van der Waals surface area contributed by atoms with Crippen LogP contribution >= 0.6 is 35.3 Å². The Labute approximate surface area is 158 Å². The smallest absolute Gasteiger partial charge is 0.191 e. The second kappa shape index (κ2) is 10.4. The van der Waals surface area contributed by atoms with Crippen molar-refractivity contribution < 1.29 is 4.74 Å². The second-order valence-electron chi connectivity index (χ2n) is 4.71. The third kappa shape index (κ3) is 6.34. The number of guanidine groups is 1. The molecule has 0 fully saturated rings. The Hall–Kier alpha value is -1.35. The van der Waals surface area contributed by atoms with E-state index in [2.05, 4.69) is 32.9 Å². The number of hydrogen-bond acceptors (Lipinski definition) is 4. The maximum atomic E-state index is 5.15. The number of aromatic nitrogens is 1. The lowest BCUT2D eigenvalue weighted by molar-refractivity contribution is 0.414. The molecule has 2 N–H and O–H groups in total. The van der Waals surface area contributed by atoms with Crippen LogP contribution in [0.4, 0.5) is 0 Å². The second-order valence-corrected chi connectivity index (χ2v) is 5.66. The predicted molar refractivity (Wildman–Crippen MR) is 107 cm³/mol. The van der Waals surface area contributed by atoms with E-state index in [1.165, 1.54) is 5.56 Å². The molecule has 0 unspecified atom stereocenters. The highest BCUT2D eigenvalue weighted by Gasteiger charge is 2.02. The number of hydrogen-bond donors (Lipinski definition) is 2. The molecule has 0 atom stereocenters. The number of nitrogens with one attached hydrogen (secondary N) is 2. The molecule has 0 saturated heterocycles. The van der Waals surface area contributed by atoms with E-state index in [9.17, 15) is 0 Å². The first-order valence-corrected chi connectivity index (χ1v) is 8.13. The van der Waals surface area contributed by atoms with Gasteiger partial charge >= 0.3 is 0 Å². The molecule has 0 amide bonds. The van der Waals surface area contributed by atoms with Crippen LogP contribution in [0.3, 0.4) is 0 Å². The van der Waals surface area contributed by atoms with Crippen LogP contribution in [0.5, 0.6) is 5.75 Å². The molecule has 2 rings (SSSR count). The molecular weight excluding hydrogens is 423 g/mol. The predicted octanol–water partition coefficient (Wildman–Crippen LogP) is 3.20. The number of thiazole rings is 1.